The number of rotatable bonds is 8. The van der Waals surface area contributed by atoms with Crippen molar-refractivity contribution in [3.05, 3.63) is 101 Å². The minimum absolute atomic E-state index is 0.0931. The van der Waals surface area contributed by atoms with Crippen molar-refractivity contribution in [1.29, 1.82) is 5.26 Å². The van der Waals surface area contributed by atoms with Gasteiger partial charge in [-0.05, 0) is 34.9 Å². The van der Waals surface area contributed by atoms with Crippen LogP contribution >= 0.6 is 0 Å². The second-order valence-electron chi connectivity index (χ2n) is 6.42. The summed E-state index contributed by atoms with van der Waals surface area (Å²) in [5, 5.41) is 9.20. The van der Waals surface area contributed by atoms with E-state index < -0.39 is 5.97 Å². The Kier molecular flexibility index (Phi) is 7.23. The second-order valence-corrected chi connectivity index (χ2v) is 6.42. The molecule has 0 saturated carbocycles. The Morgan fingerprint density at radius 1 is 0.867 bits per heavy atom. The fourth-order valence-electron chi connectivity index (χ4n) is 2.73. The molecule has 3 aromatic carbocycles. The molecule has 0 aromatic heterocycles. The number of carbonyl (C=O) groups excluding carboxylic acids is 1. The smallest absolute Gasteiger partial charge is 0.348 e. The van der Waals surface area contributed by atoms with Crippen molar-refractivity contribution < 1.29 is 19.0 Å². The van der Waals surface area contributed by atoms with Crippen LogP contribution in [0.25, 0.3) is 6.08 Å². The van der Waals surface area contributed by atoms with Crippen molar-refractivity contribution in [2.45, 2.75) is 13.2 Å². The first-order chi connectivity index (χ1) is 14.7. The van der Waals surface area contributed by atoms with Crippen LogP contribution in [0.2, 0.25) is 0 Å². The van der Waals surface area contributed by atoms with Gasteiger partial charge in [0.1, 0.15) is 24.9 Å². The molecule has 0 unspecified atom stereocenters. The second kappa shape index (κ2) is 10.5. The van der Waals surface area contributed by atoms with E-state index in [-0.39, 0.29) is 5.57 Å². The number of ether oxygens (including phenoxy) is 3. The summed E-state index contributed by atoms with van der Waals surface area (Å²) in [6.45, 7) is 0.751. The fraction of sp³-hybridized carbons (Fsp3) is 0.120. The molecule has 0 heterocycles. The van der Waals surface area contributed by atoms with E-state index in [9.17, 15) is 10.1 Å². The summed E-state index contributed by atoms with van der Waals surface area (Å²) >= 11 is 0. The quantitative estimate of drug-likeness (QED) is 0.305. The molecule has 0 atom stereocenters. The van der Waals surface area contributed by atoms with Crippen LogP contribution in [0, 0.1) is 11.3 Å². The monoisotopic (exact) mass is 399 g/mol. The van der Waals surface area contributed by atoms with Crippen molar-refractivity contribution >= 4 is 12.0 Å². The average Bonchev–Trinajstić information content (AvgIpc) is 2.81. The van der Waals surface area contributed by atoms with E-state index in [0.29, 0.717) is 30.3 Å². The van der Waals surface area contributed by atoms with Crippen molar-refractivity contribution in [3.8, 4) is 17.6 Å². The maximum atomic E-state index is 11.7. The molecule has 0 N–H and O–H groups in total. The van der Waals surface area contributed by atoms with E-state index in [0.717, 1.165) is 11.1 Å². The zero-order chi connectivity index (χ0) is 21.2. The molecule has 0 aliphatic carbocycles. The minimum Gasteiger partial charge on any atom is -0.485 e. The fourth-order valence-corrected chi connectivity index (χ4v) is 2.73. The number of hydrogen-bond acceptors (Lipinski definition) is 5. The topological polar surface area (TPSA) is 68.6 Å². The Morgan fingerprint density at radius 3 is 1.97 bits per heavy atom. The van der Waals surface area contributed by atoms with Gasteiger partial charge in [0.2, 0.25) is 0 Å². The standard InChI is InChI=1S/C25H21NO4/c1-28-25(27)22(16-26)14-21-12-13-23(29-17-19-8-4-2-5-9-19)24(15-21)30-18-20-10-6-3-7-11-20/h2-15H,17-18H2,1H3/b22-14-. The van der Waals surface area contributed by atoms with Gasteiger partial charge >= 0.3 is 5.97 Å². The average molecular weight is 399 g/mol. The van der Waals surface area contributed by atoms with Gasteiger partial charge in [-0.25, -0.2) is 4.79 Å². The lowest BCUT2D eigenvalue weighted by Crippen LogP contribution is -2.03. The summed E-state index contributed by atoms with van der Waals surface area (Å²) in [6, 6.07) is 26.7. The summed E-state index contributed by atoms with van der Waals surface area (Å²) in [7, 11) is 1.24. The highest BCUT2D eigenvalue weighted by molar-refractivity contribution is 5.97. The van der Waals surface area contributed by atoms with Crippen LogP contribution in [-0.2, 0) is 22.7 Å². The molecule has 3 aromatic rings. The number of nitriles is 1. The molecule has 0 aliphatic rings. The Labute approximate surface area is 175 Å². The third-order valence-corrected chi connectivity index (χ3v) is 4.28. The van der Waals surface area contributed by atoms with Crippen LogP contribution < -0.4 is 9.47 Å². The Balaban J connectivity index is 1.85. The summed E-state index contributed by atoms with van der Waals surface area (Å²) in [6.07, 6.45) is 1.46. The number of hydrogen-bond donors (Lipinski definition) is 0. The Hall–Kier alpha value is -4.04. The number of benzene rings is 3. The van der Waals surface area contributed by atoms with Gasteiger partial charge in [-0.2, -0.15) is 5.26 Å². The summed E-state index contributed by atoms with van der Waals surface area (Å²) in [4.78, 5) is 11.7. The van der Waals surface area contributed by atoms with Crippen LogP contribution in [0.4, 0.5) is 0 Å². The Morgan fingerprint density at radius 2 is 1.43 bits per heavy atom. The lowest BCUT2D eigenvalue weighted by molar-refractivity contribution is -0.135. The molecule has 0 radical (unpaired) electrons. The molecule has 0 bridgehead atoms. The minimum atomic E-state index is -0.686. The molecule has 0 amide bonds. The van der Waals surface area contributed by atoms with Crippen LogP contribution in [0.15, 0.2) is 84.4 Å². The molecular formula is C25H21NO4. The van der Waals surface area contributed by atoms with Crippen molar-refractivity contribution in [2.75, 3.05) is 7.11 Å². The summed E-state index contributed by atoms with van der Waals surface area (Å²) < 4.78 is 16.6. The molecule has 0 fully saturated rings. The predicted octanol–water partition coefficient (Wildman–Crippen LogP) is 4.92. The largest absolute Gasteiger partial charge is 0.485 e. The van der Waals surface area contributed by atoms with E-state index in [1.54, 1.807) is 18.2 Å². The zero-order valence-corrected chi connectivity index (χ0v) is 16.6. The normalized spacial score (nSPS) is 10.7. The molecular weight excluding hydrogens is 378 g/mol. The lowest BCUT2D eigenvalue weighted by atomic mass is 10.1. The van der Waals surface area contributed by atoms with Crippen LogP contribution in [0.3, 0.4) is 0 Å². The van der Waals surface area contributed by atoms with Crippen molar-refractivity contribution in [3.63, 3.8) is 0 Å². The highest BCUT2D eigenvalue weighted by Gasteiger charge is 2.11. The van der Waals surface area contributed by atoms with Gasteiger partial charge in [-0.3, -0.25) is 0 Å². The first-order valence-corrected chi connectivity index (χ1v) is 9.37. The number of esters is 1. The maximum absolute atomic E-state index is 11.7. The van der Waals surface area contributed by atoms with Crippen LogP contribution in [-0.4, -0.2) is 13.1 Å². The molecule has 0 aliphatic heterocycles. The summed E-state index contributed by atoms with van der Waals surface area (Å²) in [5.41, 5.74) is 2.59. The molecule has 3 rings (SSSR count). The van der Waals surface area contributed by atoms with Crippen LogP contribution in [0.5, 0.6) is 11.5 Å². The molecule has 5 heteroatoms. The third kappa shape index (κ3) is 5.73. The molecule has 0 spiro atoms. The highest BCUT2D eigenvalue weighted by atomic mass is 16.5. The third-order valence-electron chi connectivity index (χ3n) is 4.28. The SMILES string of the molecule is COC(=O)/C(C#N)=C\c1ccc(OCc2ccccc2)c(OCc2ccccc2)c1. The molecule has 5 nitrogen and oxygen atoms in total. The van der Waals surface area contributed by atoms with Gasteiger partial charge in [0, 0.05) is 0 Å². The van der Waals surface area contributed by atoms with Crippen molar-refractivity contribution in [1.82, 2.24) is 0 Å². The van der Waals surface area contributed by atoms with Gasteiger partial charge in [0.25, 0.3) is 0 Å². The van der Waals surface area contributed by atoms with Gasteiger partial charge < -0.3 is 14.2 Å². The van der Waals surface area contributed by atoms with Gasteiger partial charge in [0.15, 0.2) is 11.5 Å². The van der Waals surface area contributed by atoms with Gasteiger partial charge in [-0.1, -0.05) is 66.7 Å². The highest BCUT2D eigenvalue weighted by Crippen LogP contribution is 2.31. The van der Waals surface area contributed by atoms with E-state index >= 15 is 0 Å². The molecule has 0 saturated heterocycles. The number of nitrogens with zero attached hydrogens (tertiary/aromatic N) is 1. The first-order valence-electron chi connectivity index (χ1n) is 9.37. The van der Waals surface area contributed by atoms with E-state index in [1.165, 1.54) is 13.2 Å². The maximum Gasteiger partial charge on any atom is 0.348 e. The van der Waals surface area contributed by atoms with E-state index in [2.05, 4.69) is 4.74 Å². The van der Waals surface area contributed by atoms with Crippen LogP contribution in [0.1, 0.15) is 16.7 Å². The zero-order valence-electron chi connectivity index (χ0n) is 16.6. The molecule has 150 valence electrons. The lowest BCUT2D eigenvalue weighted by Gasteiger charge is -2.14. The van der Waals surface area contributed by atoms with E-state index in [4.69, 9.17) is 9.47 Å². The molecule has 30 heavy (non-hydrogen) atoms. The van der Waals surface area contributed by atoms with Gasteiger partial charge in [0.05, 0.1) is 7.11 Å². The predicted molar refractivity (Wildman–Crippen MR) is 114 cm³/mol. The van der Waals surface area contributed by atoms with E-state index in [1.807, 2.05) is 66.7 Å². The van der Waals surface area contributed by atoms with Gasteiger partial charge in [-0.15, -0.1) is 0 Å². The summed E-state index contributed by atoms with van der Waals surface area (Å²) in [5.74, 6) is 0.405. The van der Waals surface area contributed by atoms with Crippen molar-refractivity contribution in [2.24, 2.45) is 0 Å². The Bertz CT molecular complexity index is 1050. The number of methoxy groups -OCH3 is 1. The number of carbonyl (C=O) groups is 1. The first kappa shape index (κ1) is 20.7.